The second kappa shape index (κ2) is 7.21. The number of carbonyl (C=O) groups excluding carboxylic acids is 3. The number of ether oxygens (including phenoxy) is 1. The van der Waals surface area contributed by atoms with Crippen LogP contribution in [0.3, 0.4) is 0 Å². The maximum atomic E-state index is 12.6. The normalized spacial score (nSPS) is 14.3. The van der Waals surface area contributed by atoms with Gasteiger partial charge in [0, 0.05) is 38.7 Å². The number of benzene rings is 1. The van der Waals surface area contributed by atoms with E-state index in [1.165, 1.54) is 13.2 Å². The van der Waals surface area contributed by atoms with Crippen molar-refractivity contribution < 1.29 is 23.5 Å². The van der Waals surface area contributed by atoms with E-state index in [0.717, 1.165) is 0 Å². The van der Waals surface area contributed by atoms with Gasteiger partial charge in [0.2, 0.25) is 0 Å². The van der Waals surface area contributed by atoms with Gasteiger partial charge in [-0.15, -0.1) is 0 Å². The quantitative estimate of drug-likeness (QED) is 0.628. The van der Waals surface area contributed by atoms with Crippen LogP contribution >= 0.6 is 0 Å². The fraction of sp³-hybridized carbons (Fsp3) is 0.278. The molecule has 2 aromatic rings. The van der Waals surface area contributed by atoms with E-state index in [1.807, 2.05) is 0 Å². The first kappa shape index (κ1) is 16.8. The molecule has 1 aromatic carbocycles. The molecule has 3 rings (SSSR count). The second-order valence-corrected chi connectivity index (χ2v) is 5.68. The summed E-state index contributed by atoms with van der Waals surface area (Å²) in [5.41, 5.74) is 0.449. The number of rotatable bonds is 3. The highest BCUT2D eigenvalue weighted by Gasteiger charge is 2.26. The Morgan fingerprint density at radius 1 is 0.960 bits per heavy atom. The SMILES string of the molecule is CC(=O)Oc1cccc(C(=O)N2CCN(C(=O)c3ccco3)CC2)c1. The molecule has 1 saturated heterocycles. The van der Waals surface area contributed by atoms with Gasteiger partial charge < -0.3 is 19.0 Å². The van der Waals surface area contributed by atoms with Gasteiger partial charge in [-0.25, -0.2) is 0 Å². The number of hydrogen-bond acceptors (Lipinski definition) is 5. The average molecular weight is 342 g/mol. The summed E-state index contributed by atoms with van der Waals surface area (Å²) >= 11 is 0. The van der Waals surface area contributed by atoms with E-state index in [-0.39, 0.29) is 11.8 Å². The van der Waals surface area contributed by atoms with Crippen LogP contribution < -0.4 is 4.74 Å². The molecule has 7 nitrogen and oxygen atoms in total. The zero-order valence-electron chi connectivity index (χ0n) is 13.8. The topological polar surface area (TPSA) is 80.1 Å². The van der Waals surface area contributed by atoms with Crippen molar-refractivity contribution in [1.82, 2.24) is 9.80 Å². The summed E-state index contributed by atoms with van der Waals surface area (Å²) in [5.74, 6) is -0.124. The predicted molar refractivity (Wildman–Crippen MR) is 88.3 cm³/mol. The van der Waals surface area contributed by atoms with Crippen LogP contribution in [0, 0.1) is 0 Å². The van der Waals surface area contributed by atoms with Crippen LogP contribution in [0.4, 0.5) is 0 Å². The van der Waals surface area contributed by atoms with Crippen LogP contribution in [0.2, 0.25) is 0 Å². The maximum absolute atomic E-state index is 12.6. The summed E-state index contributed by atoms with van der Waals surface area (Å²) in [5, 5.41) is 0. The molecule has 2 heterocycles. The van der Waals surface area contributed by atoms with E-state index in [9.17, 15) is 14.4 Å². The third kappa shape index (κ3) is 3.88. The molecule has 7 heteroatoms. The van der Waals surface area contributed by atoms with Crippen molar-refractivity contribution in [3.63, 3.8) is 0 Å². The van der Waals surface area contributed by atoms with Crippen molar-refractivity contribution in [3.05, 3.63) is 54.0 Å². The Hall–Kier alpha value is -3.09. The van der Waals surface area contributed by atoms with E-state index in [2.05, 4.69) is 0 Å². The summed E-state index contributed by atoms with van der Waals surface area (Å²) in [4.78, 5) is 39.2. The summed E-state index contributed by atoms with van der Waals surface area (Å²) in [6.07, 6.45) is 1.46. The van der Waals surface area contributed by atoms with Gasteiger partial charge in [0.05, 0.1) is 6.26 Å². The van der Waals surface area contributed by atoms with Crippen LogP contribution in [0.25, 0.3) is 0 Å². The molecular formula is C18H18N2O5. The van der Waals surface area contributed by atoms with Crippen molar-refractivity contribution in [2.45, 2.75) is 6.92 Å². The zero-order chi connectivity index (χ0) is 17.8. The first-order chi connectivity index (χ1) is 12.0. The molecule has 1 aromatic heterocycles. The number of amides is 2. The molecule has 1 aliphatic rings. The molecule has 2 amide bonds. The van der Waals surface area contributed by atoms with Crippen LogP contribution in [-0.4, -0.2) is 53.8 Å². The van der Waals surface area contributed by atoms with Crippen molar-refractivity contribution in [2.24, 2.45) is 0 Å². The monoisotopic (exact) mass is 342 g/mol. The van der Waals surface area contributed by atoms with Gasteiger partial charge >= 0.3 is 5.97 Å². The number of furan rings is 1. The molecule has 0 atom stereocenters. The number of nitrogens with zero attached hydrogens (tertiary/aromatic N) is 2. The first-order valence-corrected chi connectivity index (χ1v) is 7.95. The smallest absolute Gasteiger partial charge is 0.308 e. The molecule has 130 valence electrons. The molecule has 0 aliphatic carbocycles. The summed E-state index contributed by atoms with van der Waals surface area (Å²) in [6, 6.07) is 9.81. The Morgan fingerprint density at radius 2 is 1.64 bits per heavy atom. The van der Waals surface area contributed by atoms with Crippen molar-refractivity contribution in [1.29, 1.82) is 0 Å². The van der Waals surface area contributed by atoms with Crippen LogP contribution in [-0.2, 0) is 4.79 Å². The van der Waals surface area contributed by atoms with Crippen LogP contribution in [0.15, 0.2) is 47.1 Å². The van der Waals surface area contributed by atoms with Gasteiger partial charge in [-0.3, -0.25) is 14.4 Å². The van der Waals surface area contributed by atoms with E-state index < -0.39 is 5.97 Å². The highest BCUT2D eigenvalue weighted by molar-refractivity contribution is 5.95. The Kier molecular flexibility index (Phi) is 4.83. The second-order valence-electron chi connectivity index (χ2n) is 5.68. The van der Waals surface area contributed by atoms with Crippen LogP contribution in [0.5, 0.6) is 5.75 Å². The predicted octanol–water partition coefficient (Wildman–Crippen LogP) is 1.80. The summed E-state index contributed by atoms with van der Waals surface area (Å²) in [6.45, 7) is 3.06. The Bertz CT molecular complexity index is 777. The molecule has 1 aliphatic heterocycles. The van der Waals surface area contributed by atoms with Crippen molar-refractivity contribution in [3.8, 4) is 5.75 Å². The third-order valence-electron chi connectivity index (χ3n) is 3.93. The maximum Gasteiger partial charge on any atom is 0.308 e. The minimum atomic E-state index is -0.436. The van der Waals surface area contributed by atoms with Gasteiger partial charge in [-0.2, -0.15) is 0 Å². The highest BCUT2D eigenvalue weighted by atomic mass is 16.5. The Balaban J connectivity index is 1.62. The lowest BCUT2D eigenvalue weighted by Crippen LogP contribution is -2.50. The van der Waals surface area contributed by atoms with E-state index >= 15 is 0 Å². The molecule has 0 saturated carbocycles. The average Bonchev–Trinajstić information content (AvgIpc) is 3.15. The van der Waals surface area contributed by atoms with Crippen molar-refractivity contribution >= 4 is 17.8 Å². The highest BCUT2D eigenvalue weighted by Crippen LogP contribution is 2.17. The van der Waals surface area contributed by atoms with Gasteiger partial charge in [0.25, 0.3) is 11.8 Å². The minimum Gasteiger partial charge on any atom is -0.459 e. The fourth-order valence-electron chi connectivity index (χ4n) is 2.71. The largest absolute Gasteiger partial charge is 0.459 e. The number of piperazine rings is 1. The van der Waals surface area contributed by atoms with Crippen molar-refractivity contribution in [2.75, 3.05) is 26.2 Å². The van der Waals surface area contributed by atoms with E-state index in [1.54, 1.807) is 46.2 Å². The number of esters is 1. The van der Waals surface area contributed by atoms with Gasteiger partial charge in [0.1, 0.15) is 5.75 Å². The van der Waals surface area contributed by atoms with Gasteiger partial charge in [0.15, 0.2) is 5.76 Å². The lowest BCUT2D eigenvalue weighted by atomic mass is 10.1. The first-order valence-electron chi connectivity index (χ1n) is 7.95. The van der Waals surface area contributed by atoms with Gasteiger partial charge in [-0.1, -0.05) is 6.07 Å². The summed E-state index contributed by atoms with van der Waals surface area (Å²) < 4.78 is 10.1. The van der Waals surface area contributed by atoms with Crippen LogP contribution in [0.1, 0.15) is 27.8 Å². The number of carbonyl (C=O) groups is 3. The molecule has 25 heavy (non-hydrogen) atoms. The molecule has 0 spiro atoms. The molecule has 0 N–H and O–H groups in total. The van der Waals surface area contributed by atoms with Gasteiger partial charge in [-0.05, 0) is 30.3 Å². The lowest BCUT2D eigenvalue weighted by molar-refractivity contribution is -0.131. The molecule has 0 radical (unpaired) electrons. The zero-order valence-corrected chi connectivity index (χ0v) is 13.8. The lowest BCUT2D eigenvalue weighted by Gasteiger charge is -2.34. The Morgan fingerprint density at radius 3 is 2.24 bits per heavy atom. The standard InChI is InChI=1S/C18H18N2O5/c1-13(21)25-15-5-2-4-14(12-15)17(22)19-7-9-20(10-8-19)18(23)16-6-3-11-24-16/h2-6,11-12H,7-10H2,1H3. The molecule has 1 fully saturated rings. The number of hydrogen-bond donors (Lipinski definition) is 0. The third-order valence-corrected chi connectivity index (χ3v) is 3.93. The van der Waals surface area contributed by atoms with E-state index in [0.29, 0.717) is 43.3 Å². The molecule has 0 bridgehead atoms. The van der Waals surface area contributed by atoms with E-state index in [4.69, 9.17) is 9.15 Å². The Labute approximate surface area is 144 Å². The minimum absolute atomic E-state index is 0.154. The fourth-order valence-corrected chi connectivity index (χ4v) is 2.71. The molecular weight excluding hydrogens is 324 g/mol. The molecule has 0 unspecified atom stereocenters. The summed E-state index contributed by atoms with van der Waals surface area (Å²) in [7, 11) is 0.